The van der Waals surface area contributed by atoms with Gasteiger partial charge in [0.1, 0.15) is 0 Å². The van der Waals surface area contributed by atoms with E-state index in [4.69, 9.17) is 4.74 Å². The highest BCUT2D eigenvalue weighted by molar-refractivity contribution is 5.80. The summed E-state index contributed by atoms with van der Waals surface area (Å²) in [6.45, 7) is 7.73. The first kappa shape index (κ1) is 20.8. The van der Waals surface area contributed by atoms with Gasteiger partial charge in [0.15, 0.2) is 0 Å². The Morgan fingerprint density at radius 2 is 1.89 bits per heavy atom. The van der Waals surface area contributed by atoms with Crippen LogP contribution in [0.15, 0.2) is 30.3 Å². The number of hydrogen-bond donors (Lipinski definition) is 2. The zero-order valence-corrected chi connectivity index (χ0v) is 17.5. The van der Waals surface area contributed by atoms with E-state index in [1.807, 2.05) is 13.0 Å². The molecule has 154 valence electrons. The van der Waals surface area contributed by atoms with Crippen molar-refractivity contribution in [2.75, 3.05) is 13.2 Å². The second-order valence-corrected chi connectivity index (χ2v) is 9.39. The highest BCUT2D eigenvalue weighted by Gasteiger charge is 2.41. The number of nitrogens with one attached hydrogen (secondary N) is 2. The van der Waals surface area contributed by atoms with Crippen LogP contribution in [0.4, 0.5) is 0 Å². The van der Waals surface area contributed by atoms with E-state index < -0.39 is 0 Å². The molecular weight excluding hydrogens is 352 g/mol. The molecule has 0 bridgehead atoms. The molecule has 2 atom stereocenters. The molecule has 0 radical (unpaired) electrons. The first-order valence-corrected chi connectivity index (χ1v) is 10.5. The van der Waals surface area contributed by atoms with Gasteiger partial charge >= 0.3 is 0 Å². The average Bonchev–Trinajstić information content (AvgIpc) is 2.99. The summed E-state index contributed by atoms with van der Waals surface area (Å²) in [4.78, 5) is 23.8. The summed E-state index contributed by atoms with van der Waals surface area (Å²) in [5, 5.41) is 6.11. The van der Waals surface area contributed by atoms with Crippen LogP contribution in [-0.2, 0) is 19.7 Å². The van der Waals surface area contributed by atoms with E-state index >= 15 is 0 Å². The molecule has 3 rings (SSSR count). The van der Waals surface area contributed by atoms with Gasteiger partial charge in [-0.05, 0) is 58.4 Å². The monoisotopic (exact) mass is 386 g/mol. The van der Waals surface area contributed by atoms with Crippen LogP contribution in [0.2, 0.25) is 0 Å². The van der Waals surface area contributed by atoms with Crippen LogP contribution in [0, 0.1) is 0 Å². The van der Waals surface area contributed by atoms with Crippen molar-refractivity contribution in [2.24, 2.45) is 0 Å². The first-order chi connectivity index (χ1) is 13.2. The standard InChI is InChI=1S/C23H34N2O3/c1-21(2)17-23(14-16-28-21,18-7-5-4-6-8-18)13-15-24-19(26)9-11-22(3)12-10-20(27)25-22/h4-8H,9-17H2,1-3H3,(H,24,26)(H,25,27)/t22-,23+/m0/s1. The smallest absolute Gasteiger partial charge is 0.220 e. The Labute approximate surface area is 168 Å². The Hall–Kier alpha value is -1.88. The summed E-state index contributed by atoms with van der Waals surface area (Å²) in [7, 11) is 0. The van der Waals surface area contributed by atoms with E-state index in [0.29, 0.717) is 25.8 Å². The largest absolute Gasteiger partial charge is 0.376 e. The Kier molecular flexibility index (Phi) is 6.13. The molecular formula is C23H34N2O3. The predicted octanol–water partition coefficient (Wildman–Crippen LogP) is 3.47. The quantitative estimate of drug-likeness (QED) is 0.754. The van der Waals surface area contributed by atoms with Crippen LogP contribution >= 0.6 is 0 Å². The second-order valence-electron chi connectivity index (χ2n) is 9.39. The lowest BCUT2D eigenvalue weighted by atomic mass is 9.67. The fourth-order valence-electron chi connectivity index (χ4n) is 4.83. The van der Waals surface area contributed by atoms with Crippen molar-refractivity contribution in [2.45, 2.75) is 82.3 Å². The van der Waals surface area contributed by atoms with Gasteiger partial charge in [-0.25, -0.2) is 0 Å². The molecule has 0 saturated carbocycles. The minimum atomic E-state index is -0.232. The fourth-order valence-corrected chi connectivity index (χ4v) is 4.83. The molecule has 2 fully saturated rings. The molecule has 2 amide bonds. The third-order valence-corrected chi connectivity index (χ3v) is 6.40. The first-order valence-electron chi connectivity index (χ1n) is 10.5. The maximum Gasteiger partial charge on any atom is 0.220 e. The van der Waals surface area contributed by atoms with E-state index in [2.05, 4.69) is 48.7 Å². The number of benzene rings is 1. The molecule has 0 aliphatic carbocycles. The van der Waals surface area contributed by atoms with Crippen LogP contribution in [0.1, 0.15) is 71.3 Å². The molecule has 2 aliphatic heterocycles. The molecule has 2 aliphatic rings. The van der Waals surface area contributed by atoms with Crippen molar-refractivity contribution in [1.82, 2.24) is 10.6 Å². The van der Waals surface area contributed by atoms with E-state index in [-0.39, 0.29) is 28.4 Å². The molecule has 2 heterocycles. The van der Waals surface area contributed by atoms with Crippen LogP contribution in [0.5, 0.6) is 0 Å². The van der Waals surface area contributed by atoms with Crippen LogP contribution in [-0.4, -0.2) is 36.1 Å². The van der Waals surface area contributed by atoms with Gasteiger partial charge in [0.2, 0.25) is 11.8 Å². The van der Waals surface area contributed by atoms with Gasteiger partial charge < -0.3 is 15.4 Å². The number of rotatable bonds is 7. The van der Waals surface area contributed by atoms with Gasteiger partial charge in [-0.15, -0.1) is 0 Å². The highest BCUT2D eigenvalue weighted by Crippen LogP contribution is 2.43. The van der Waals surface area contributed by atoms with Gasteiger partial charge in [0.25, 0.3) is 0 Å². The third kappa shape index (κ3) is 5.13. The van der Waals surface area contributed by atoms with Crippen molar-refractivity contribution >= 4 is 11.8 Å². The number of ether oxygens (including phenoxy) is 1. The molecule has 0 aromatic heterocycles. The Morgan fingerprint density at radius 3 is 2.54 bits per heavy atom. The normalized spacial score (nSPS) is 29.3. The van der Waals surface area contributed by atoms with Crippen molar-refractivity contribution in [3.8, 4) is 0 Å². The van der Waals surface area contributed by atoms with Gasteiger partial charge in [-0.2, -0.15) is 0 Å². The van der Waals surface area contributed by atoms with Crippen LogP contribution < -0.4 is 10.6 Å². The van der Waals surface area contributed by atoms with Gasteiger partial charge in [-0.3, -0.25) is 9.59 Å². The molecule has 1 aromatic rings. The Morgan fingerprint density at radius 1 is 1.14 bits per heavy atom. The zero-order chi connectivity index (χ0) is 20.3. The molecule has 28 heavy (non-hydrogen) atoms. The minimum Gasteiger partial charge on any atom is -0.376 e. The average molecular weight is 387 g/mol. The maximum atomic E-state index is 12.4. The Balaban J connectivity index is 1.55. The number of carbonyl (C=O) groups is 2. The molecule has 5 nitrogen and oxygen atoms in total. The second kappa shape index (κ2) is 8.24. The molecule has 5 heteroatoms. The summed E-state index contributed by atoms with van der Waals surface area (Å²) >= 11 is 0. The van der Waals surface area contributed by atoms with Gasteiger partial charge in [-0.1, -0.05) is 30.3 Å². The van der Waals surface area contributed by atoms with Crippen molar-refractivity contribution in [3.63, 3.8) is 0 Å². The molecule has 2 N–H and O–H groups in total. The summed E-state index contributed by atoms with van der Waals surface area (Å²) in [6, 6.07) is 10.6. The summed E-state index contributed by atoms with van der Waals surface area (Å²) < 4.78 is 5.96. The van der Waals surface area contributed by atoms with Gasteiger partial charge in [0, 0.05) is 36.9 Å². The SMILES string of the molecule is CC1(C)C[C@](CCNC(=O)CC[C@@]2(C)CCC(=O)N2)(c2ccccc2)CCO1. The third-order valence-electron chi connectivity index (χ3n) is 6.40. The number of hydrogen-bond acceptors (Lipinski definition) is 3. The van der Waals surface area contributed by atoms with Crippen LogP contribution in [0.25, 0.3) is 0 Å². The Bertz CT molecular complexity index is 703. The predicted molar refractivity (Wildman–Crippen MR) is 110 cm³/mol. The van der Waals surface area contributed by atoms with Crippen molar-refractivity contribution in [3.05, 3.63) is 35.9 Å². The van der Waals surface area contributed by atoms with E-state index in [0.717, 1.165) is 32.3 Å². The molecule has 0 unspecified atom stereocenters. The number of carbonyl (C=O) groups excluding carboxylic acids is 2. The van der Waals surface area contributed by atoms with Crippen molar-refractivity contribution < 1.29 is 14.3 Å². The fraction of sp³-hybridized carbons (Fsp3) is 0.652. The van der Waals surface area contributed by atoms with Crippen molar-refractivity contribution in [1.29, 1.82) is 0 Å². The van der Waals surface area contributed by atoms with Crippen LogP contribution in [0.3, 0.4) is 0 Å². The van der Waals surface area contributed by atoms with E-state index in [1.54, 1.807) is 0 Å². The topological polar surface area (TPSA) is 67.4 Å². The molecule has 0 spiro atoms. The molecule has 1 aromatic carbocycles. The molecule has 2 saturated heterocycles. The lowest BCUT2D eigenvalue weighted by Gasteiger charge is -2.45. The van der Waals surface area contributed by atoms with E-state index in [9.17, 15) is 9.59 Å². The van der Waals surface area contributed by atoms with Gasteiger partial charge in [0.05, 0.1) is 5.60 Å². The van der Waals surface area contributed by atoms with E-state index in [1.165, 1.54) is 5.56 Å². The zero-order valence-electron chi connectivity index (χ0n) is 17.5. The highest BCUT2D eigenvalue weighted by atomic mass is 16.5. The number of amides is 2. The summed E-state index contributed by atoms with van der Waals surface area (Å²) in [6.07, 6.45) is 5.34. The minimum absolute atomic E-state index is 0.0295. The maximum absolute atomic E-state index is 12.4. The summed E-state index contributed by atoms with van der Waals surface area (Å²) in [5.74, 6) is 0.159. The lowest BCUT2D eigenvalue weighted by molar-refractivity contribution is -0.122. The summed E-state index contributed by atoms with van der Waals surface area (Å²) in [5.41, 5.74) is 0.973. The lowest BCUT2D eigenvalue weighted by Crippen LogP contribution is -2.45.